The summed E-state index contributed by atoms with van der Waals surface area (Å²) >= 11 is 0. The van der Waals surface area contributed by atoms with E-state index in [0.29, 0.717) is 0 Å². The second-order valence-corrected chi connectivity index (χ2v) is 12.1. The Morgan fingerprint density at radius 1 is 0.750 bits per heavy atom. The standard InChI is InChI=1S/C28H40O8/c1-11(2)15-9-7-13(5)24-17(15)22(29)20(27(33)35-24)19(26(31)32)21-23(30)18-16(12(3)4)10-8-14(6)25(18)36-28(21)34/h11-19,24-25,29-30H,7-10H2,1-6H3,(H,31,32). The van der Waals surface area contributed by atoms with Crippen molar-refractivity contribution in [1.29, 1.82) is 0 Å². The zero-order chi connectivity index (χ0) is 26.6. The summed E-state index contributed by atoms with van der Waals surface area (Å²) in [7, 11) is 0. The van der Waals surface area contributed by atoms with Gasteiger partial charge in [0.25, 0.3) is 0 Å². The number of carbonyl (C=O) groups excluding carboxylic acids is 2. The van der Waals surface area contributed by atoms with Gasteiger partial charge in [-0.1, -0.05) is 41.5 Å². The quantitative estimate of drug-likeness (QED) is 0.455. The lowest BCUT2D eigenvalue weighted by Crippen LogP contribution is -2.51. The van der Waals surface area contributed by atoms with Gasteiger partial charge in [-0.05, 0) is 61.2 Å². The van der Waals surface area contributed by atoms with Crippen LogP contribution in [0.1, 0.15) is 67.2 Å². The minimum atomic E-state index is -1.87. The Balaban J connectivity index is 1.87. The Morgan fingerprint density at radius 2 is 1.11 bits per heavy atom. The van der Waals surface area contributed by atoms with Gasteiger partial charge in [0.05, 0.1) is 23.0 Å². The predicted octanol–water partition coefficient (Wildman–Crippen LogP) is 4.80. The monoisotopic (exact) mass is 504 g/mol. The van der Waals surface area contributed by atoms with Crippen LogP contribution < -0.4 is 0 Å². The van der Waals surface area contributed by atoms with E-state index in [-0.39, 0.29) is 47.0 Å². The summed E-state index contributed by atoms with van der Waals surface area (Å²) in [5.41, 5.74) is -0.934. The van der Waals surface area contributed by atoms with Gasteiger partial charge in [-0.15, -0.1) is 0 Å². The summed E-state index contributed by atoms with van der Waals surface area (Å²) in [6, 6.07) is 0. The average molecular weight is 505 g/mol. The first kappa shape index (κ1) is 26.6. The van der Waals surface area contributed by atoms with Crippen molar-refractivity contribution in [2.45, 2.75) is 79.4 Å². The van der Waals surface area contributed by atoms with Crippen molar-refractivity contribution in [3.63, 3.8) is 0 Å². The third kappa shape index (κ3) is 4.20. The van der Waals surface area contributed by atoms with Gasteiger partial charge in [0, 0.05) is 0 Å². The van der Waals surface area contributed by atoms with Gasteiger partial charge in [-0.25, -0.2) is 9.59 Å². The molecule has 4 aliphatic rings. The molecule has 2 saturated carbocycles. The summed E-state index contributed by atoms with van der Waals surface area (Å²) in [5, 5.41) is 33.2. The second kappa shape index (κ2) is 9.75. The highest BCUT2D eigenvalue weighted by Crippen LogP contribution is 2.50. The third-order valence-corrected chi connectivity index (χ3v) is 9.31. The Labute approximate surface area is 212 Å². The van der Waals surface area contributed by atoms with Crippen LogP contribution in [0.3, 0.4) is 0 Å². The molecule has 8 unspecified atom stereocenters. The molecule has 8 atom stereocenters. The van der Waals surface area contributed by atoms with Crippen molar-refractivity contribution in [2.75, 3.05) is 0 Å². The van der Waals surface area contributed by atoms with Crippen molar-refractivity contribution >= 4 is 17.9 Å². The number of aliphatic carboxylic acids is 1. The van der Waals surface area contributed by atoms with Crippen LogP contribution in [0.4, 0.5) is 0 Å². The van der Waals surface area contributed by atoms with Gasteiger partial charge >= 0.3 is 17.9 Å². The van der Waals surface area contributed by atoms with E-state index in [4.69, 9.17) is 9.47 Å². The van der Waals surface area contributed by atoms with Crippen molar-refractivity contribution < 1.29 is 39.2 Å². The molecule has 8 nitrogen and oxygen atoms in total. The van der Waals surface area contributed by atoms with Crippen LogP contribution in [0.5, 0.6) is 0 Å². The molecule has 200 valence electrons. The van der Waals surface area contributed by atoms with E-state index in [0.717, 1.165) is 25.7 Å². The first-order chi connectivity index (χ1) is 16.9. The van der Waals surface area contributed by atoms with Crippen molar-refractivity contribution in [1.82, 2.24) is 0 Å². The molecule has 0 aromatic rings. The molecule has 2 heterocycles. The van der Waals surface area contributed by atoms with E-state index in [2.05, 4.69) is 0 Å². The summed E-state index contributed by atoms with van der Waals surface area (Å²) in [5.74, 6) is -6.77. The van der Waals surface area contributed by atoms with Gasteiger partial charge in [0.15, 0.2) is 0 Å². The maximum Gasteiger partial charge on any atom is 0.338 e. The number of hydrogen-bond donors (Lipinski definition) is 3. The first-order valence-electron chi connectivity index (χ1n) is 13.4. The van der Waals surface area contributed by atoms with E-state index in [1.807, 2.05) is 41.5 Å². The molecule has 36 heavy (non-hydrogen) atoms. The van der Waals surface area contributed by atoms with Crippen LogP contribution in [0, 0.1) is 53.3 Å². The highest BCUT2D eigenvalue weighted by Gasteiger charge is 2.55. The van der Waals surface area contributed by atoms with Crippen molar-refractivity contribution in [3.05, 3.63) is 22.7 Å². The zero-order valence-corrected chi connectivity index (χ0v) is 22.1. The predicted molar refractivity (Wildman–Crippen MR) is 131 cm³/mol. The van der Waals surface area contributed by atoms with Gasteiger partial charge in [0.1, 0.15) is 29.6 Å². The molecule has 8 heteroatoms. The van der Waals surface area contributed by atoms with Crippen LogP contribution >= 0.6 is 0 Å². The molecule has 0 aromatic carbocycles. The lowest BCUT2D eigenvalue weighted by Gasteiger charge is -2.47. The normalized spacial score (nSPS) is 37.9. The molecule has 0 bridgehead atoms. The lowest BCUT2D eigenvalue weighted by molar-refractivity contribution is -0.165. The van der Waals surface area contributed by atoms with E-state index in [9.17, 15) is 29.7 Å². The van der Waals surface area contributed by atoms with Crippen LogP contribution in [0.2, 0.25) is 0 Å². The summed E-state index contributed by atoms with van der Waals surface area (Å²) in [6.45, 7) is 12.0. The molecular weight excluding hydrogens is 464 g/mol. The van der Waals surface area contributed by atoms with Gasteiger partial charge in [0.2, 0.25) is 0 Å². The summed E-state index contributed by atoms with van der Waals surface area (Å²) in [6.07, 6.45) is 2.15. The van der Waals surface area contributed by atoms with Crippen LogP contribution in [-0.2, 0) is 23.9 Å². The fraction of sp³-hybridized carbons (Fsp3) is 0.750. The van der Waals surface area contributed by atoms with Gasteiger partial charge in [-0.2, -0.15) is 0 Å². The number of carbonyl (C=O) groups is 3. The van der Waals surface area contributed by atoms with Crippen molar-refractivity contribution in [3.8, 4) is 0 Å². The molecule has 2 aliphatic carbocycles. The van der Waals surface area contributed by atoms with Crippen LogP contribution in [0.15, 0.2) is 22.7 Å². The van der Waals surface area contributed by atoms with Crippen molar-refractivity contribution in [2.24, 2.45) is 53.3 Å². The molecule has 0 amide bonds. The SMILES string of the molecule is CC(C)C1CCC(C)C2OC(=O)C(C(C(=O)O)C3=C(O)C4C(C(C)C)CCC(C)C4OC3=O)=C(O)C12. The van der Waals surface area contributed by atoms with Gasteiger partial charge < -0.3 is 24.8 Å². The molecule has 3 N–H and O–H groups in total. The molecule has 0 spiro atoms. The Bertz CT molecular complexity index is 920. The van der Waals surface area contributed by atoms with Gasteiger partial charge in [-0.3, -0.25) is 4.79 Å². The van der Waals surface area contributed by atoms with E-state index < -0.39 is 59.0 Å². The summed E-state index contributed by atoms with van der Waals surface area (Å²) in [4.78, 5) is 39.1. The van der Waals surface area contributed by atoms with E-state index in [1.54, 1.807) is 0 Å². The molecule has 0 saturated heterocycles. The molecule has 2 aliphatic heterocycles. The molecule has 4 rings (SSSR count). The maximum absolute atomic E-state index is 13.2. The number of esters is 2. The molecule has 0 radical (unpaired) electrons. The topological polar surface area (TPSA) is 130 Å². The van der Waals surface area contributed by atoms with E-state index in [1.165, 1.54) is 0 Å². The first-order valence-corrected chi connectivity index (χ1v) is 13.4. The average Bonchev–Trinajstić information content (AvgIpc) is 2.78. The largest absolute Gasteiger partial charge is 0.511 e. The number of carboxylic acid groups (broad SMARTS) is 1. The number of aliphatic hydroxyl groups is 2. The fourth-order valence-corrected chi connectivity index (χ4v) is 7.25. The van der Waals surface area contributed by atoms with Crippen LogP contribution in [-0.4, -0.2) is 45.4 Å². The Hall–Kier alpha value is -2.51. The number of hydrogen-bond acceptors (Lipinski definition) is 7. The number of aliphatic hydroxyl groups excluding tert-OH is 2. The lowest BCUT2D eigenvalue weighted by atomic mass is 9.64. The Morgan fingerprint density at radius 3 is 1.42 bits per heavy atom. The number of fused-ring (bicyclic) bond motifs is 2. The molecule has 2 fully saturated rings. The molecule has 0 aromatic heterocycles. The number of carboxylic acids is 1. The highest BCUT2D eigenvalue weighted by atomic mass is 16.6. The molecular formula is C28H40O8. The summed E-state index contributed by atoms with van der Waals surface area (Å²) < 4.78 is 11.5. The van der Waals surface area contributed by atoms with Crippen LogP contribution in [0.25, 0.3) is 0 Å². The third-order valence-electron chi connectivity index (χ3n) is 9.31. The highest BCUT2D eigenvalue weighted by molar-refractivity contribution is 6.05. The minimum absolute atomic E-state index is 0.00415. The van der Waals surface area contributed by atoms with E-state index >= 15 is 0 Å². The number of ether oxygens (including phenoxy) is 2. The zero-order valence-electron chi connectivity index (χ0n) is 22.1. The second-order valence-electron chi connectivity index (χ2n) is 12.1. The number of rotatable bonds is 5. The smallest absolute Gasteiger partial charge is 0.338 e. The minimum Gasteiger partial charge on any atom is -0.511 e. The maximum atomic E-state index is 13.2. The fourth-order valence-electron chi connectivity index (χ4n) is 7.25. The Kier molecular flexibility index (Phi) is 7.19.